The number of amides is 1. The van der Waals surface area contributed by atoms with Crippen molar-refractivity contribution in [3.63, 3.8) is 0 Å². The van der Waals surface area contributed by atoms with Gasteiger partial charge in [-0.2, -0.15) is 5.26 Å². The lowest BCUT2D eigenvalue weighted by Crippen LogP contribution is -2.51. The quantitative estimate of drug-likeness (QED) is 0.723. The summed E-state index contributed by atoms with van der Waals surface area (Å²) in [5, 5.41) is 12.7. The lowest BCUT2D eigenvalue weighted by atomic mass is 10.0. The Kier molecular flexibility index (Phi) is 6.12. The van der Waals surface area contributed by atoms with Crippen molar-refractivity contribution in [1.82, 2.24) is 21.1 Å². The standard InChI is InChI=1S/C22H24ClN5O/c23-18-7-5-16(6-8-18)20-13-21(27-26-20)28-11-9-19(10-12-28)25-22(29)17-3-1-15(14-24)2-4-17/h1-8,19-21,26-27H,9-13H2,(H,25,29). The highest BCUT2D eigenvalue weighted by atomic mass is 35.5. The summed E-state index contributed by atoms with van der Waals surface area (Å²) in [7, 11) is 0. The second-order valence-electron chi connectivity index (χ2n) is 7.62. The van der Waals surface area contributed by atoms with Crippen LogP contribution in [0.4, 0.5) is 0 Å². The first-order chi connectivity index (χ1) is 14.1. The number of carbonyl (C=O) groups is 1. The highest BCUT2D eigenvalue weighted by Gasteiger charge is 2.32. The van der Waals surface area contributed by atoms with Crippen LogP contribution in [0.3, 0.4) is 0 Å². The van der Waals surface area contributed by atoms with Gasteiger partial charge in [0.1, 0.15) is 0 Å². The van der Waals surface area contributed by atoms with Crippen LogP contribution >= 0.6 is 11.6 Å². The zero-order chi connectivity index (χ0) is 20.2. The normalized spacial score (nSPS) is 22.9. The Bertz CT molecular complexity index is 885. The van der Waals surface area contributed by atoms with Crippen molar-refractivity contribution in [2.24, 2.45) is 0 Å². The number of halogens is 1. The minimum Gasteiger partial charge on any atom is -0.349 e. The summed E-state index contributed by atoms with van der Waals surface area (Å²) in [6.45, 7) is 1.87. The Hall–Kier alpha value is -2.43. The van der Waals surface area contributed by atoms with Crippen molar-refractivity contribution in [3.05, 3.63) is 70.2 Å². The fraction of sp³-hybridized carbons (Fsp3) is 0.364. The van der Waals surface area contributed by atoms with E-state index < -0.39 is 0 Å². The number of piperidine rings is 1. The maximum atomic E-state index is 12.4. The number of nitrogens with zero attached hydrogens (tertiary/aromatic N) is 2. The lowest BCUT2D eigenvalue weighted by molar-refractivity contribution is 0.0880. The minimum absolute atomic E-state index is 0.0728. The van der Waals surface area contributed by atoms with E-state index in [1.807, 2.05) is 12.1 Å². The molecular weight excluding hydrogens is 386 g/mol. The van der Waals surface area contributed by atoms with Crippen molar-refractivity contribution in [3.8, 4) is 6.07 Å². The fourth-order valence-electron chi connectivity index (χ4n) is 4.01. The van der Waals surface area contributed by atoms with Crippen LogP contribution in [0, 0.1) is 11.3 Å². The maximum Gasteiger partial charge on any atom is 0.251 e. The third kappa shape index (κ3) is 4.77. The number of hydrogen-bond acceptors (Lipinski definition) is 5. The molecule has 2 atom stereocenters. The number of nitriles is 1. The van der Waals surface area contributed by atoms with Gasteiger partial charge in [-0.25, -0.2) is 10.9 Å². The molecule has 0 saturated carbocycles. The number of hydrazine groups is 1. The minimum atomic E-state index is -0.0728. The lowest BCUT2D eigenvalue weighted by Gasteiger charge is -2.35. The number of likely N-dealkylation sites (tertiary alicyclic amines) is 1. The molecule has 6 nitrogen and oxygen atoms in total. The molecule has 0 aliphatic carbocycles. The molecule has 150 valence electrons. The summed E-state index contributed by atoms with van der Waals surface area (Å²) in [5.74, 6) is -0.0728. The van der Waals surface area contributed by atoms with E-state index in [0.29, 0.717) is 11.1 Å². The summed E-state index contributed by atoms with van der Waals surface area (Å²) in [5.41, 5.74) is 9.18. The summed E-state index contributed by atoms with van der Waals surface area (Å²) in [6.07, 6.45) is 3.12. The molecule has 0 aromatic heterocycles. The Labute approximate surface area is 175 Å². The monoisotopic (exact) mass is 409 g/mol. The van der Waals surface area contributed by atoms with Crippen LogP contribution in [-0.2, 0) is 0 Å². The van der Waals surface area contributed by atoms with E-state index >= 15 is 0 Å². The first kappa shape index (κ1) is 19.9. The first-order valence-corrected chi connectivity index (χ1v) is 10.3. The third-order valence-electron chi connectivity index (χ3n) is 5.74. The van der Waals surface area contributed by atoms with Gasteiger partial charge in [-0.3, -0.25) is 9.69 Å². The zero-order valence-corrected chi connectivity index (χ0v) is 16.8. The average Bonchev–Trinajstić information content (AvgIpc) is 3.25. The molecule has 0 radical (unpaired) electrons. The van der Waals surface area contributed by atoms with Crippen LogP contribution in [0.5, 0.6) is 0 Å². The Morgan fingerprint density at radius 1 is 1.07 bits per heavy atom. The van der Waals surface area contributed by atoms with E-state index in [0.717, 1.165) is 37.4 Å². The molecule has 4 rings (SSSR count). The summed E-state index contributed by atoms with van der Waals surface area (Å²) in [4.78, 5) is 14.9. The van der Waals surface area contributed by atoms with Gasteiger partial charge in [0.15, 0.2) is 0 Å². The summed E-state index contributed by atoms with van der Waals surface area (Å²) >= 11 is 5.98. The van der Waals surface area contributed by atoms with Crippen LogP contribution in [0.2, 0.25) is 5.02 Å². The molecule has 29 heavy (non-hydrogen) atoms. The SMILES string of the molecule is N#Cc1ccc(C(=O)NC2CCN(C3CC(c4ccc(Cl)cc4)NN3)CC2)cc1. The highest BCUT2D eigenvalue weighted by molar-refractivity contribution is 6.30. The van der Waals surface area contributed by atoms with Gasteiger partial charge in [0.2, 0.25) is 0 Å². The van der Waals surface area contributed by atoms with E-state index in [4.69, 9.17) is 16.9 Å². The molecule has 2 fully saturated rings. The third-order valence-corrected chi connectivity index (χ3v) is 5.99. The molecule has 2 aliphatic heterocycles. The largest absolute Gasteiger partial charge is 0.349 e. The number of benzene rings is 2. The van der Waals surface area contributed by atoms with Crippen LogP contribution in [-0.4, -0.2) is 36.1 Å². The average molecular weight is 410 g/mol. The van der Waals surface area contributed by atoms with Gasteiger partial charge in [-0.15, -0.1) is 0 Å². The molecule has 3 N–H and O–H groups in total. The van der Waals surface area contributed by atoms with E-state index in [1.54, 1.807) is 24.3 Å². The van der Waals surface area contributed by atoms with E-state index in [1.165, 1.54) is 5.56 Å². The number of carbonyl (C=O) groups excluding carboxylic acids is 1. The van der Waals surface area contributed by atoms with Gasteiger partial charge in [0, 0.05) is 35.8 Å². The van der Waals surface area contributed by atoms with Crippen molar-refractivity contribution in [1.29, 1.82) is 5.26 Å². The van der Waals surface area contributed by atoms with Gasteiger partial charge in [0.05, 0.1) is 17.8 Å². The Balaban J connectivity index is 1.25. The molecular formula is C22H24ClN5O. The van der Waals surface area contributed by atoms with E-state index in [2.05, 4.69) is 39.3 Å². The smallest absolute Gasteiger partial charge is 0.251 e. The van der Waals surface area contributed by atoms with Gasteiger partial charge < -0.3 is 5.32 Å². The number of hydrogen-bond donors (Lipinski definition) is 3. The number of nitrogens with one attached hydrogen (secondary N) is 3. The van der Waals surface area contributed by atoms with Gasteiger partial charge in [0.25, 0.3) is 5.91 Å². The molecule has 2 aliphatic rings. The second-order valence-corrected chi connectivity index (χ2v) is 8.05. The molecule has 0 spiro atoms. The Morgan fingerprint density at radius 3 is 2.41 bits per heavy atom. The molecule has 2 aromatic rings. The van der Waals surface area contributed by atoms with E-state index in [-0.39, 0.29) is 24.2 Å². The van der Waals surface area contributed by atoms with Crippen molar-refractivity contribution in [2.45, 2.75) is 37.5 Å². The second kappa shape index (κ2) is 8.93. The fourth-order valence-corrected chi connectivity index (χ4v) is 4.14. The summed E-state index contributed by atoms with van der Waals surface area (Å²) < 4.78 is 0. The van der Waals surface area contributed by atoms with E-state index in [9.17, 15) is 4.79 Å². The highest BCUT2D eigenvalue weighted by Crippen LogP contribution is 2.26. The first-order valence-electron chi connectivity index (χ1n) is 9.94. The molecule has 2 saturated heterocycles. The molecule has 2 heterocycles. The predicted molar refractivity (Wildman–Crippen MR) is 112 cm³/mol. The van der Waals surface area contributed by atoms with Crippen LogP contribution in [0.15, 0.2) is 48.5 Å². The van der Waals surface area contributed by atoms with Crippen molar-refractivity contribution in [2.75, 3.05) is 13.1 Å². The molecule has 2 unspecified atom stereocenters. The van der Waals surface area contributed by atoms with Crippen molar-refractivity contribution >= 4 is 17.5 Å². The van der Waals surface area contributed by atoms with Gasteiger partial charge in [-0.05, 0) is 61.2 Å². The van der Waals surface area contributed by atoms with Crippen molar-refractivity contribution < 1.29 is 4.79 Å². The van der Waals surface area contributed by atoms with Gasteiger partial charge in [-0.1, -0.05) is 23.7 Å². The number of rotatable bonds is 4. The Morgan fingerprint density at radius 2 is 1.76 bits per heavy atom. The molecule has 7 heteroatoms. The van der Waals surface area contributed by atoms with Crippen LogP contribution in [0.1, 0.15) is 46.8 Å². The van der Waals surface area contributed by atoms with Crippen LogP contribution < -0.4 is 16.2 Å². The molecule has 0 bridgehead atoms. The topological polar surface area (TPSA) is 80.2 Å². The maximum absolute atomic E-state index is 12.4. The zero-order valence-electron chi connectivity index (χ0n) is 16.1. The molecule has 1 amide bonds. The summed E-state index contributed by atoms with van der Waals surface area (Å²) in [6, 6.07) is 17.2. The van der Waals surface area contributed by atoms with Gasteiger partial charge >= 0.3 is 0 Å². The predicted octanol–water partition coefficient (Wildman–Crippen LogP) is 2.97. The molecule has 2 aromatic carbocycles. The van der Waals surface area contributed by atoms with Crippen LogP contribution in [0.25, 0.3) is 0 Å².